The highest BCUT2D eigenvalue weighted by atomic mass is 19.1. The van der Waals surface area contributed by atoms with Gasteiger partial charge in [-0.2, -0.15) is 0 Å². The van der Waals surface area contributed by atoms with E-state index >= 15 is 0 Å². The maximum absolute atomic E-state index is 13.5. The van der Waals surface area contributed by atoms with Crippen molar-refractivity contribution in [2.75, 3.05) is 13.1 Å². The Balaban J connectivity index is 1.53. The van der Waals surface area contributed by atoms with Crippen LogP contribution >= 0.6 is 0 Å². The van der Waals surface area contributed by atoms with Gasteiger partial charge in [-0.05, 0) is 61.7 Å². The zero-order valence-corrected chi connectivity index (χ0v) is 19.8. The van der Waals surface area contributed by atoms with Crippen LogP contribution in [0.15, 0.2) is 73.3 Å². The monoisotopic (exact) mass is 463 g/mol. The van der Waals surface area contributed by atoms with E-state index in [2.05, 4.69) is 12.6 Å². The summed E-state index contributed by atoms with van der Waals surface area (Å²) >= 11 is 0. The van der Waals surface area contributed by atoms with Crippen LogP contribution in [-0.2, 0) is 14.3 Å². The van der Waals surface area contributed by atoms with Gasteiger partial charge in [0.1, 0.15) is 23.3 Å². The summed E-state index contributed by atoms with van der Waals surface area (Å²) < 4.78 is 25.2. The maximum atomic E-state index is 13.5. The second-order valence-corrected chi connectivity index (χ2v) is 9.53. The van der Waals surface area contributed by atoms with Crippen LogP contribution in [0.2, 0.25) is 0 Å². The molecule has 0 aliphatic carbocycles. The predicted octanol–water partition coefficient (Wildman–Crippen LogP) is 6.69. The van der Waals surface area contributed by atoms with Gasteiger partial charge >= 0.3 is 6.16 Å². The van der Waals surface area contributed by atoms with Gasteiger partial charge in [0.25, 0.3) is 0 Å². The lowest BCUT2D eigenvalue weighted by Gasteiger charge is -2.38. The molecule has 1 aliphatic heterocycles. The number of nitrogens with zero attached hydrogens (tertiary/aromatic N) is 1. The summed E-state index contributed by atoms with van der Waals surface area (Å²) in [6, 6.07) is 20.6. The molecule has 0 radical (unpaired) electrons. The maximum Gasteiger partial charge on any atom is 0.528 e. The summed E-state index contributed by atoms with van der Waals surface area (Å²) in [5, 5.41) is 3.79. The number of carbonyl (C=O) groups excluding carboxylic acids is 1. The molecule has 1 fully saturated rings. The van der Waals surface area contributed by atoms with Crippen molar-refractivity contribution in [2.24, 2.45) is 0 Å². The van der Waals surface area contributed by atoms with E-state index in [9.17, 15) is 9.18 Å². The van der Waals surface area contributed by atoms with Gasteiger partial charge in [0.2, 0.25) is 0 Å². The minimum absolute atomic E-state index is 0.0173. The molecule has 0 bridgehead atoms. The van der Waals surface area contributed by atoms with Crippen molar-refractivity contribution in [3.8, 4) is 0 Å². The third kappa shape index (κ3) is 5.94. The molecule has 0 spiro atoms. The van der Waals surface area contributed by atoms with Crippen LogP contribution in [0.4, 0.5) is 9.18 Å². The number of benzene rings is 3. The first-order valence-corrected chi connectivity index (χ1v) is 11.4. The summed E-state index contributed by atoms with van der Waals surface area (Å²) in [4.78, 5) is 17.7. The molecular weight excluding hydrogens is 433 g/mol. The van der Waals surface area contributed by atoms with Gasteiger partial charge in [-0.15, -0.1) is 5.06 Å². The number of rotatable bonds is 5. The first-order chi connectivity index (χ1) is 16.2. The van der Waals surface area contributed by atoms with Crippen LogP contribution in [0.5, 0.6) is 0 Å². The van der Waals surface area contributed by atoms with E-state index in [0.29, 0.717) is 25.3 Å². The Bertz CT molecular complexity index is 1170. The molecule has 5 nitrogen and oxygen atoms in total. The highest BCUT2D eigenvalue weighted by Crippen LogP contribution is 2.34. The topological polar surface area (TPSA) is 48.0 Å². The van der Waals surface area contributed by atoms with Crippen molar-refractivity contribution in [1.82, 2.24) is 5.06 Å². The molecule has 4 rings (SSSR count). The van der Waals surface area contributed by atoms with Crippen molar-refractivity contribution >= 4 is 22.7 Å². The van der Waals surface area contributed by atoms with Crippen molar-refractivity contribution in [3.05, 3.63) is 90.3 Å². The van der Waals surface area contributed by atoms with Crippen molar-refractivity contribution < 1.29 is 23.5 Å². The van der Waals surface area contributed by atoms with Crippen LogP contribution in [0.1, 0.15) is 44.2 Å². The quantitative estimate of drug-likeness (QED) is 0.312. The SMILES string of the molecule is C=C(OC1CN(OC(=O)OC(C)(C)C)CCC1c1ccc(F)cc1)c1ccc2ccccc2c1. The van der Waals surface area contributed by atoms with Crippen LogP contribution in [0.3, 0.4) is 0 Å². The Kier molecular flexibility index (Phi) is 6.89. The second-order valence-electron chi connectivity index (χ2n) is 9.53. The fourth-order valence-corrected chi connectivity index (χ4v) is 4.17. The van der Waals surface area contributed by atoms with E-state index in [-0.39, 0.29) is 17.8 Å². The number of halogens is 1. The van der Waals surface area contributed by atoms with E-state index in [1.165, 1.54) is 12.1 Å². The van der Waals surface area contributed by atoms with E-state index in [4.69, 9.17) is 14.3 Å². The molecule has 3 aromatic rings. The summed E-state index contributed by atoms with van der Waals surface area (Å²) in [6.07, 6.45) is -0.454. The molecule has 2 atom stereocenters. The van der Waals surface area contributed by atoms with Gasteiger partial charge < -0.3 is 14.3 Å². The zero-order valence-electron chi connectivity index (χ0n) is 19.8. The fraction of sp³-hybridized carbons (Fsp3) is 0.321. The van der Waals surface area contributed by atoms with Gasteiger partial charge in [0.05, 0.1) is 6.54 Å². The van der Waals surface area contributed by atoms with Crippen LogP contribution in [0.25, 0.3) is 16.5 Å². The summed E-state index contributed by atoms with van der Waals surface area (Å²) in [5.41, 5.74) is 1.19. The van der Waals surface area contributed by atoms with E-state index < -0.39 is 11.8 Å². The van der Waals surface area contributed by atoms with E-state index in [0.717, 1.165) is 21.9 Å². The smallest absolute Gasteiger partial charge is 0.488 e. The van der Waals surface area contributed by atoms with Gasteiger partial charge in [0.15, 0.2) is 0 Å². The molecule has 0 saturated carbocycles. The average Bonchev–Trinajstić information content (AvgIpc) is 2.78. The van der Waals surface area contributed by atoms with E-state index in [1.807, 2.05) is 36.4 Å². The molecule has 1 aliphatic rings. The van der Waals surface area contributed by atoms with Crippen molar-refractivity contribution in [1.29, 1.82) is 0 Å². The largest absolute Gasteiger partial charge is 0.528 e. The molecular formula is C28H30FNO4. The molecule has 34 heavy (non-hydrogen) atoms. The minimum atomic E-state index is -0.750. The number of hydrogen-bond acceptors (Lipinski definition) is 5. The summed E-state index contributed by atoms with van der Waals surface area (Å²) in [7, 11) is 0. The first-order valence-electron chi connectivity index (χ1n) is 11.4. The molecule has 1 heterocycles. The molecule has 6 heteroatoms. The third-order valence-corrected chi connectivity index (χ3v) is 5.78. The highest BCUT2D eigenvalue weighted by Gasteiger charge is 2.35. The number of ether oxygens (including phenoxy) is 2. The van der Waals surface area contributed by atoms with Gasteiger partial charge in [-0.3, -0.25) is 0 Å². The Morgan fingerprint density at radius 1 is 1.03 bits per heavy atom. The molecule has 2 unspecified atom stereocenters. The Morgan fingerprint density at radius 3 is 2.44 bits per heavy atom. The lowest BCUT2D eigenvalue weighted by Crippen LogP contribution is -2.45. The predicted molar refractivity (Wildman–Crippen MR) is 131 cm³/mol. The standard InChI is InChI=1S/C28H30FNO4/c1-19(22-10-9-20-7-5-6-8-23(20)17-22)32-26-18-30(34-27(31)33-28(2,3)4)16-15-25(26)21-11-13-24(29)14-12-21/h5-14,17,25-26H,1,15-16,18H2,2-4H3. The molecule has 1 saturated heterocycles. The first kappa shape index (κ1) is 23.8. The number of fused-ring (bicyclic) bond motifs is 1. The number of hydroxylamine groups is 2. The molecule has 0 aromatic heterocycles. The number of piperidine rings is 1. The van der Waals surface area contributed by atoms with Crippen LogP contribution in [0, 0.1) is 5.82 Å². The lowest BCUT2D eigenvalue weighted by molar-refractivity contribution is -0.170. The van der Waals surface area contributed by atoms with Crippen LogP contribution in [-0.4, -0.2) is 36.0 Å². The van der Waals surface area contributed by atoms with Gasteiger partial charge in [-0.25, -0.2) is 9.18 Å². The second kappa shape index (κ2) is 9.85. The number of carbonyl (C=O) groups is 1. The van der Waals surface area contributed by atoms with Gasteiger partial charge in [-0.1, -0.05) is 55.1 Å². The molecule has 178 valence electrons. The molecule has 0 N–H and O–H groups in total. The Morgan fingerprint density at radius 2 is 1.74 bits per heavy atom. The fourth-order valence-electron chi connectivity index (χ4n) is 4.17. The van der Waals surface area contributed by atoms with Crippen LogP contribution < -0.4 is 0 Å². The molecule has 3 aromatic carbocycles. The van der Waals surface area contributed by atoms with Gasteiger partial charge in [0, 0.05) is 18.0 Å². The van der Waals surface area contributed by atoms with Crippen molar-refractivity contribution in [3.63, 3.8) is 0 Å². The Hall–Kier alpha value is -3.38. The minimum Gasteiger partial charge on any atom is -0.488 e. The van der Waals surface area contributed by atoms with E-state index in [1.54, 1.807) is 38.0 Å². The Labute approximate surface area is 199 Å². The summed E-state index contributed by atoms with van der Waals surface area (Å²) in [5.74, 6) is 0.228. The van der Waals surface area contributed by atoms with Crippen molar-refractivity contribution in [2.45, 2.75) is 44.8 Å². The zero-order chi connectivity index (χ0) is 24.3. The third-order valence-electron chi connectivity index (χ3n) is 5.78. The highest BCUT2D eigenvalue weighted by molar-refractivity contribution is 5.85. The molecule has 0 amide bonds. The number of hydrogen-bond donors (Lipinski definition) is 0. The summed E-state index contributed by atoms with van der Waals surface area (Å²) in [6.45, 7) is 10.4. The average molecular weight is 464 g/mol. The lowest BCUT2D eigenvalue weighted by atomic mass is 9.87. The normalized spacial score (nSPS) is 18.9.